The van der Waals surface area contributed by atoms with E-state index in [1.165, 1.54) is 16.2 Å². The summed E-state index contributed by atoms with van der Waals surface area (Å²) in [6.45, 7) is 0.205. The molecular formula is C25H20ClF3N4OS. The number of thiophene rings is 1. The number of hydrogen-bond acceptors (Lipinski definition) is 4. The Morgan fingerprint density at radius 2 is 1.77 bits per heavy atom. The number of aromatic nitrogens is 2. The van der Waals surface area contributed by atoms with Crippen LogP contribution in [-0.2, 0) is 6.54 Å². The number of para-hydroxylation sites is 1. The van der Waals surface area contributed by atoms with Crippen LogP contribution >= 0.6 is 22.9 Å². The maximum absolute atomic E-state index is 14.1. The Labute approximate surface area is 208 Å². The molecule has 0 fully saturated rings. The van der Waals surface area contributed by atoms with E-state index in [1.807, 2.05) is 41.8 Å². The zero-order valence-electron chi connectivity index (χ0n) is 18.2. The lowest BCUT2D eigenvalue weighted by Crippen LogP contribution is -2.35. The average molecular weight is 517 g/mol. The van der Waals surface area contributed by atoms with Crippen molar-refractivity contribution in [3.05, 3.63) is 99.3 Å². The summed E-state index contributed by atoms with van der Waals surface area (Å²) in [6, 6.07) is 19.3. The summed E-state index contributed by atoms with van der Waals surface area (Å²) in [7, 11) is 0. The van der Waals surface area contributed by atoms with Crippen molar-refractivity contribution in [3.63, 3.8) is 0 Å². The van der Waals surface area contributed by atoms with Crippen molar-refractivity contribution in [2.75, 3.05) is 10.2 Å². The molecule has 4 aromatic rings. The van der Waals surface area contributed by atoms with Crippen molar-refractivity contribution in [2.24, 2.45) is 0 Å². The van der Waals surface area contributed by atoms with E-state index in [0.29, 0.717) is 5.69 Å². The molecule has 2 atom stereocenters. The third kappa shape index (κ3) is 4.66. The quantitative estimate of drug-likeness (QED) is 0.307. The molecule has 0 saturated heterocycles. The van der Waals surface area contributed by atoms with Crippen LogP contribution in [0.25, 0.3) is 0 Å². The SMILES string of the molecule is O=C(c1nn2c(c1Cl)N[C@H](c1cccs1)C[C@H]2C(F)(F)F)N(Cc1ccccc1)c1ccccc1. The number of carbonyl (C=O) groups excluding carboxylic acids is 1. The van der Waals surface area contributed by atoms with Gasteiger partial charge in [-0.2, -0.15) is 18.3 Å². The number of alkyl halides is 3. The molecule has 0 spiro atoms. The Morgan fingerprint density at radius 3 is 2.40 bits per heavy atom. The van der Waals surface area contributed by atoms with Crippen LogP contribution < -0.4 is 10.2 Å². The van der Waals surface area contributed by atoms with Gasteiger partial charge >= 0.3 is 6.18 Å². The molecule has 0 bridgehead atoms. The van der Waals surface area contributed by atoms with Crippen molar-refractivity contribution in [1.29, 1.82) is 0 Å². The topological polar surface area (TPSA) is 50.2 Å². The number of nitrogens with zero attached hydrogens (tertiary/aromatic N) is 3. The fourth-order valence-electron chi connectivity index (χ4n) is 4.18. The molecule has 5 nitrogen and oxygen atoms in total. The molecule has 0 saturated carbocycles. The van der Waals surface area contributed by atoms with E-state index in [0.717, 1.165) is 15.1 Å². The molecule has 10 heteroatoms. The van der Waals surface area contributed by atoms with Gasteiger partial charge in [0.2, 0.25) is 0 Å². The van der Waals surface area contributed by atoms with E-state index in [1.54, 1.807) is 36.4 Å². The molecule has 2 aromatic heterocycles. The second-order valence-corrected chi connectivity index (χ2v) is 9.53. The van der Waals surface area contributed by atoms with Gasteiger partial charge in [0, 0.05) is 17.0 Å². The zero-order chi connectivity index (χ0) is 24.6. The second-order valence-electron chi connectivity index (χ2n) is 8.17. The predicted octanol–water partition coefficient (Wildman–Crippen LogP) is 7.11. The first-order valence-electron chi connectivity index (χ1n) is 10.9. The minimum absolute atomic E-state index is 0.00489. The maximum Gasteiger partial charge on any atom is 0.410 e. The molecule has 3 heterocycles. The van der Waals surface area contributed by atoms with Crippen LogP contribution in [0.3, 0.4) is 0 Å². The number of carbonyl (C=O) groups is 1. The van der Waals surface area contributed by atoms with Gasteiger partial charge in [-0.25, -0.2) is 4.68 Å². The van der Waals surface area contributed by atoms with Crippen molar-refractivity contribution >= 4 is 40.4 Å². The number of halogens is 4. The second kappa shape index (κ2) is 9.39. The molecule has 0 unspecified atom stereocenters. The lowest BCUT2D eigenvalue weighted by Gasteiger charge is -2.32. The molecule has 1 N–H and O–H groups in total. The van der Waals surface area contributed by atoms with E-state index < -0.39 is 24.2 Å². The first-order chi connectivity index (χ1) is 16.8. The van der Waals surface area contributed by atoms with Crippen LogP contribution in [0.5, 0.6) is 0 Å². The highest BCUT2D eigenvalue weighted by atomic mass is 35.5. The third-order valence-electron chi connectivity index (χ3n) is 5.88. The van der Waals surface area contributed by atoms with Crippen LogP contribution in [0.4, 0.5) is 24.7 Å². The molecule has 180 valence electrons. The zero-order valence-corrected chi connectivity index (χ0v) is 19.8. The fourth-order valence-corrected chi connectivity index (χ4v) is 5.23. The highest BCUT2D eigenvalue weighted by Crippen LogP contribution is 2.47. The molecule has 2 aromatic carbocycles. The summed E-state index contributed by atoms with van der Waals surface area (Å²) >= 11 is 7.92. The van der Waals surface area contributed by atoms with Crippen LogP contribution in [0.1, 0.15) is 39.4 Å². The number of hydrogen-bond donors (Lipinski definition) is 1. The number of fused-ring (bicyclic) bond motifs is 1. The molecule has 1 aliphatic rings. The van der Waals surface area contributed by atoms with E-state index >= 15 is 0 Å². The van der Waals surface area contributed by atoms with Crippen LogP contribution in [-0.4, -0.2) is 21.9 Å². The number of amides is 1. The van der Waals surface area contributed by atoms with Gasteiger partial charge in [-0.05, 0) is 29.1 Å². The number of anilines is 2. The lowest BCUT2D eigenvalue weighted by molar-refractivity contribution is -0.173. The normalized spacial score (nSPS) is 17.5. The molecule has 1 amide bonds. The first kappa shape index (κ1) is 23.4. The van der Waals surface area contributed by atoms with Crippen molar-refractivity contribution in [1.82, 2.24) is 9.78 Å². The smallest absolute Gasteiger partial charge is 0.361 e. The van der Waals surface area contributed by atoms with Crippen LogP contribution in [0.15, 0.2) is 78.2 Å². The van der Waals surface area contributed by atoms with Crippen molar-refractivity contribution in [3.8, 4) is 0 Å². The third-order valence-corrected chi connectivity index (χ3v) is 7.23. The molecule has 35 heavy (non-hydrogen) atoms. The molecule has 1 aliphatic heterocycles. The molecule has 0 aliphatic carbocycles. The van der Waals surface area contributed by atoms with Gasteiger partial charge < -0.3 is 10.2 Å². The number of rotatable bonds is 5. The van der Waals surface area contributed by atoms with Gasteiger partial charge in [0.25, 0.3) is 5.91 Å². The van der Waals surface area contributed by atoms with E-state index in [4.69, 9.17) is 11.6 Å². The highest BCUT2D eigenvalue weighted by Gasteiger charge is 2.48. The highest BCUT2D eigenvalue weighted by molar-refractivity contribution is 7.10. The Balaban J connectivity index is 1.56. The van der Waals surface area contributed by atoms with Gasteiger partial charge in [0.15, 0.2) is 11.7 Å². The Hall–Kier alpha value is -3.30. The van der Waals surface area contributed by atoms with Crippen LogP contribution in [0.2, 0.25) is 5.02 Å². The minimum Gasteiger partial charge on any atom is -0.361 e. The number of benzene rings is 2. The van der Waals surface area contributed by atoms with Gasteiger partial charge in [-0.1, -0.05) is 66.2 Å². The number of nitrogens with one attached hydrogen (secondary N) is 1. The molecular weight excluding hydrogens is 497 g/mol. The Morgan fingerprint density at radius 1 is 1.09 bits per heavy atom. The summed E-state index contributed by atoms with van der Waals surface area (Å²) in [6.07, 6.45) is -4.82. The summed E-state index contributed by atoms with van der Waals surface area (Å²) in [4.78, 5) is 15.9. The van der Waals surface area contributed by atoms with Gasteiger partial charge in [-0.3, -0.25) is 4.79 Å². The lowest BCUT2D eigenvalue weighted by atomic mass is 10.0. The maximum atomic E-state index is 14.1. The summed E-state index contributed by atoms with van der Waals surface area (Å²) < 4.78 is 43.0. The Bertz CT molecular complexity index is 1310. The summed E-state index contributed by atoms with van der Waals surface area (Å²) in [5.41, 5.74) is 1.21. The standard InChI is InChI=1S/C25H20ClF3N4OS/c26-21-22(24(34)32(17-10-5-2-6-11-17)15-16-8-3-1-4-9-16)31-33-20(25(27,28)29)14-18(30-23(21)33)19-12-7-13-35-19/h1-13,18,20,30H,14-15H2/t18-,20-/m0/s1. The van der Waals surface area contributed by atoms with E-state index in [-0.39, 0.29) is 29.5 Å². The van der Waals surface area contributed by atoms with Gasteiger partial charge in [-0.15, -0.1) is 11.3 Å². The summed E-state index contributed by atoms with van der Waals surface area (Å²) in [5, 5.41) is 8.88. The van der Waals surface area contributed by atoms with Crippen LogP contribution in [0, 0.1) is 0 Å². The fraction of sp³-hybridized carbons (Fsp3) is 0.200. The van der Waals surface area contributed by atoms with Gasteiger partial charge in [0.1, 0.15) is 10.8 Å². The monoisotopic (exact) mass is 516 g/mol. The van der Waals surface area contributed by atoms with E-state index in [9.17, 15) is 18.0 Å². The first-order valence-corrected chi connectivity index (χ1v) is 12.1. The molecule has 5 rings (SSSR count). The Kier molecular flexibility index (Phi) is 6.29. The summed E-state index contributed by atoms with van der Waals surface area (Å²) in [5.74, 6) is -0.586. The molecule has 0 radical (unpaired) electrons. The van der Waals surface area contributed by atoms with Crippen molar-refractivity contribution < 1.29 is 18.0 Å². The largest absolute Gasteiger partial charge is 0.410 e. The minimum atomic E-state index is -4.56. The van der Waals surface area contributed by atoms with Crippen molar-refractivity contribution in [2.45, 2.75) is 31.2 Å². The predicted molar refractivity (Wildman–Crippen MR) is 131 cm³/mol. The van der Waals surface area contributed by atoms with E-state index in [2.05, 4.69) is 10.4 Å². The average Bonchev–Trinajstić information content (AvgIpc) is 3.51. The van der Waals surface area contributed by atoms with Gasteiger partial charge in [0.05, 0.1) is 12.6 Å².